The summed E-state index contributed by atoms with van der Waals surface area (Å²) in [6.07, 6.45) is 4.98. The van der Waals surface area contributed by atoms with Crippen molar-refractivity contribution in [2.75, 3.05) is 18.0 Å². The van der Waals surface area contributed by atoms with Crippen LogP contribution >= 0.6 is 11.3 Å². The molecule has 18 heavy (non-hydrogen) atoms. The smallest absolute Gasteiger partial charge is 0.186 e. The molecule has 2 rings (SSSR count). The Morgan fingerprint density at radius 2 is 2.11 bits per heavy atom. The molecular weight excluding hydrogens is 242 g/mol. The number of aromatic nitrogens is 1. The third kappa shape index (κ3) is 3.23. The van der Waals surface area contributed by atoms with E-state index in [1.54, 1.807) is 0 Å². The maximum absolute atomic E-state index is 4.89. The van der Waals surface area contributed by atoms with Crippen LogP contribution in [0.15, 0.2) is 0 Å². The fourth-order valence-electron chi connectivity index (χ4n) is 2.24. The summed E-state index contributed by atoms with van der Waals surface area (Å²) in [5.41, 5.74) is 1.32. The molecule has 0 bridgehead atoms. The second kappa shape index (κ2) is 6.53. The molecule has 1 saturated carbocycles. The third-order valence-corrected chi connectivity index (χ3v) is 4.50. The van der Waals surface area contributed by atoms with Crippen LogP contribution in [0.2, 0.25) is 0 Å². The minimum Gasteiger partial charge on any atom is -0.345 e. The number of hydrogen-bond donors (Lipinski definition) is 1. The van der Waals surface area contributed by atoms with Crippen LogP contribution in [0.5, 0.6) is 0 Å². The zero-order valence-corrected chi connectivity index (χ0v) is 12.6. The molecule has 0 unspecified atom stereocenters. The Balaban J connectivity index is 2.14. The van der Waals surface area contributed by atoms with Crippen molar-refractivity contribution in [3.05, 3.63) is 10.6 Å². The van der Waals surface area contributed by atoms with Crippen LogP contribution < -0.4 is 10.2 Å². The largest absolute Gasteiger partial charge is 0.345 e. The number of aryl methyl sites for hydroxylation is 1. The van der Waals surface area contributed by atoms with Crippen LogP contribution in [0, 0.1) is 0 Å². The average Bonchev–Trinajstić information content (AvgIpc) is 3.12. The van der Waals surface area contributed by atoms with E-state index >= 15 is 0 Å². The number of nitrogens with one attached hydrogen (secondary N) is 1. The summed E-state index contributed by atoms with van der Waals surface area (Å²) in [5, 5.41) is 4.68. The van der Waals surface area contributed by atoms with Gasteiger partial charge in [0.1, 0.15) is 0 Å². The van der Waals surface area contributed by atoms with Crippen molar-refractivity contribution in [3.8, 4) is 0 Å². The van der Waals surface area contributed by atoms with Gasteiger partial charge in [0.15, 0.2) is 5.13 Å². The first kappa shape index (κ1) is 13.8. The summed E-state index contributed by atoms with van der Waals surface area (Å²) in [6.45, 7) is 9.72. The van der Waals surface area contributed by atoms with Crippen molar-refractivity contribution in [2.45, 2.75) is 59.0 Å². The monoisotopic (exact) mass is 267 g/mol. The highest BCUT2D eigenvalue weighted by atomic mass is 32.1. The lowest BCUT2D eigenvalue weighted by Gasteiger charge is -2.18. The Morgan fingerprint density at radius 3 is 2.67 bits per heavy atom. The summed E-state index contributed by atoms with van der Waals surface area (Å²) < 4.78 is 0. The molecule has 1 aliphatic carbocycles. The Bertz CT molecular complexity index is 371. The van der Waals surface area contributed by atoms with Gasteiger partial charge in [-0.15, -0.1) is 11.3 Å². The molecular formula is C14H25N3S. The van der Waals surface area contributed by atoms with Gasteiger partial charge in [0.2, 0.25) is 0 Å². The molecule has 0 spiro atoms. The van der Waals surface area contributed by atoms with E-state index in [0.29, 0.717) is 0 Å². The first-order valence-corrected chi connectivity index (χ1v) is 8.07. The SMILES string of the molecule is CCCc1nc(N(CC)C2CC2)sc1CNCC. The normalized spacial score (nSPS) is 15.1. The zero-order valence-electron chi connectivity index (χ0n) is 11.8. The number of thiazole rings is 1. The van der Waals surface area contributed by atoms with Crippen molar-refractivity contribution in [2.24, 2.45) is 0 Å². The van der Waals surface area contributed by atoms with Crippen LogP contribution in [-0.4, -0.2) is 24.1 Å². The Morgan fingerprint density at radius 1 is 1.33 bits per heavy atom. The molecule has 102 valence electrons. The van der Waals surface area contributed by atoms with Crippen molar-refractivity contribution in [3.63, 3.8) is 0 Å². The molecule has 0 amide bonds. The molecule has 1 heterocycles. The highest BCUT2D eigenvalue weighted by Gasteiger charge is 2.30. The average molecular weight is 267 g/mol. The van der Waals surface area contributed by atoms with E-state index in [2.05, 4.69) is 31.0 Å². The van der Waals surface area contributed by atoms with Crippen molar-refractivity contribution in [1.82, 2.24) is 10.3 Å². The van der Waals surface area contributed by atoms with Gasteiger partial charge in [0, 0.05) is 24.0 Å². The topological polar surface area (TPSA) is 28.2 Å². The lowest BCUT2D eigenvalue weighted by Crippen LogP contribution is -2.24. The second-order valence-electron chi connectivity index (χ2n) is 4.91. The molecule has 3 nitrogen and oxygen atoms in total. The van der Waals surface area contributed by atoms with E-state index in [1.165, 1.54) is 35.0 Å². The highest BCUT2D eigenvalue weighted by molar-refractivity contribution is 7.15. The maximum atomic E-state index is 4.89. The minimum absolute atomic E-state index is 0.766. The molecule has 1 aromatic rings. The minimum atomic E-state index is 0.766. The molecule has 1 aliphatic rings. The third-order valence-electron chi connectivity index (χ3n) is 3.36. The Labute approximate surface area is 115 Å². The summed E-state index contributed by atoms with van der Waals surface area (Å²) >= 11 is 1.89. The first-order chi connectivity index (χ1) is 8.80. The molecule has 0 atom stereocenters. The Hall–Kier alpha value is -0.610. The summed E-state index contributed by atoms with van der Waals surface area (Å²) in [4.78, 5) is 8.81. The summed E-state index contributed by atoms with van der Waals surface area (Å²) in [6, 6.07) is 0.766. The number of anilines is 1. The van der Waals surface area contributed by atoms with Gasteiger partial charge in [-0.05, 0) is 32.7 Å². The second-order valence-corrected chi connectivity index (χ2v) is 5.98. The predicted molar refractivity (Wildman–Crippen MR) is 79.5 cm³/mol. The molecule has 0 aliphatic heterocycles. The molecule has 4 heteroatoms. The van der Waals surface area contributed by atoms with Gasteiger partial charge in [-0.2, -0.15) is 0 Å². The number of nitrogens with zero attached hydrogens (tertiary/aromatic N) is 2. The first-order valence-electron chi connectivity index (χ1n) is 7.26. The molecule has 1 N–H and O–H groups in total. The Kier molecular flexibility index (Phi) is 5.01. The van der Waals surface area contributed by atoms with Crippen LogP contribution in [0.1, 0.15) is 50.6 Å². The highest BCUT2D eigenvalue weighted by Crippen LogP contribution is 2.35. The lowest BCUT2D eigenvalue weighted by molar-refractivity contribution is 0.722. The summed E-state index contributed by atoms with van der Waals surface area (Å²) in [5.74, 6) is 0. The predicted octanol–water partition coefficient (Wildman–Crippen LogP) is 3.19. The van der Waals surface area contributed by atoms with E-state index in [4.69, 9.17) is 4.98 Å². The van der Waals surface area contributed by atoms with Crippen molar-refractivity contribution < 1.29 is 0 Å². The van der Waals surface area contributed by atoms with Crippen LogP contribution in [0.25, 0.3) is 0 Å². The van der Waals surface area contributed by atoms with E-state index < -0.39 is 0 Å². The van der Waals surface area contributed by atoms with Gasteiger partial charge < -0.3 is 10.2 Å². The van der Waals surface area contributed by atoms with E-state index in [-0.39, 0.29) is 0 Å². The van der Waals surface area contributed by atoms with E-state index in [1.807, 2.05) is 11.3 Å². The molecule has 0 aromatic carbocycles. The molecule has 0 radical (unpaired) electrons. The van der Waals surface area contributed by atoms with Gasteiger partial charge >= 0.3 is 0 Å². The van der Waals surface area contributed by atoms with Gasteiger partial charge in [-0.25, -0.2) is 4.98 Å². The van der Waals surface area contributed by atoms with Gasteiger partial charge in [-0.1, -0.05) is 20.3 Å². The van der Waals surface area contributed by atoms with Gasteiger partial charge in [0.05, 0.1) is 5.69 Å². The van der Waals surface area contributed by atoms with Gasteiger partial charge in [-0.3, -0.25) is 0 Å². The van der Waals surface area contributed by atoms with E-state index in [0.717, 1.165) is 32.1 Å². The van der Waals surface area contributed by atoms with Gasteiger partial charge in [0.25, 0.3) is 0 Å². The van der Waals surface area contributed by atoms with E-state index in [9.17, 15) is 0 Å². The zero-order chi connectivity index (χ0) is 13.0. The van der Waals surface area contributed by atoms with Crippen molar-refractivity contribution in [1.29, 1.82) is 0 Å². The van der Waals surface area contributed by atoms with Crippen molar-refractivity contribution >= 4 is 16.5 Å². The lowest BCUT2D eigenvalue weighted by atomic mass is 10.2. The van der Waals surface area contributed by atoms with Crippen LogP contribution in [0.4, 0.5) is 5.13 Å². The standard InChI is InChI=1S/C14H25N3S/c1-4-7-12-13(10-15-5-2)18-14(16-12)17(6-3)11-8-9-11/h11,15H,4-10H2,1-3H3. The quantitative estimate of drug-likeness (QED) is 0.784. The maximum Gasteiger partial charge on any atom is 0.186 e. The van der Waals surface area contributed by atoms with Crippen LogP contribution in [0.3, 0.4) is 0 Å². The van der Waals surface area contributed by atoms with Crippen LogP contribution in [-0.2, 0) is 13.0 Å². The molecule has 1 fully saturated rings. The molecule has 0 saturated heterocycles. The summed E-state index contributed by atoms with van der Waals surface area (Å²) in [7, 11) is 0. The molecule has 1 aromatic heterocycles. The fraction of sp³-hybridized carbons (Fsp3) is 0.786. The number of rotatable bonds is 8. The number of hydrogen-bond acceptors (Lipinski definition) is 4. The fourth-order valence-corrected chi connectivity index (χ4v) is 3.45.